The maximum Gasteiger partial charge on any atom is 0.134 e. The van der Waals surface area contributed by atoms with E-state index in [2.05, 4.69) is 58.1 Å². The third kappa shape index (κ3) is 4.09. The summed E-state index contributed by atoms with van der Waals surface area (Å²) in [7, 11) is 0. The van der Waals surface area contributed by atoms with Gasteiger partial charge in [-0.25, -0.2) is 0 Å². The van der Waals surface area contributed by atoms with Crippen LogP contribution in [0.1, 0.15) is 23.6 Å². The molecule has 0 spiro atoms. The van der Waals surface area contributed by atoms with Crippen molar-refractivity contribution in [1.29, 1.82) is 0 Å². The van der Waals surface area contributed by atoms with Crippen molar-refractivity contribution in [2.75, 3.05) is 26.2 Å². The molecule has 25 heavy (non-hydrogen) atoms. The summed E-state index contributed by atoms with van der Waals surface area (Å²) in [4.78, 5) is 9.65. The average molecular weight is 335 g/mol. The lowest BCUT2D eigenvalue weighted by Gasteiger charge is -2.21. The second-order valence-electron chi connectivity index (χ2n) is 6.93. The predicted molar refractivity (Wildman–Crippen MR) is 100 cm³/mol. The van der Waals surface area contributed by atoms with E-state index in [1.54, 1.807) is 0 Å². The number of aromatic nitrogens is 1. The lowest BCUT2D eigenvalue weighted by molar-refractivity contribution is 0.235. The second kappa shape index (κ2) is 7.38. The van der Waals surface area contributed by atoms with Gasteiger partial charge in [0, 0.05) is 30.7 Å². The molecule has 1 aliphatic rings. The summed E-state index contributed by atoms with van der Waals surface area (Å²) >= 11 is 0. The van der Waals surface area contributed by atoms with Crippen LogP contribution in [0.25, 0.3) is 11.0 Å². The lowest BCUT2D eigenvalue weighted by Crippen LogP contribution is -2.30. The maximum atomic E-state index is 5.98. The van der Waals surface area contributed by atoms with Gasteiger partial charge in [0.05, 0.1) is 12.2 Å². The predicted octanol–water partition coefficient (Wildman–Crippen LogP) is 3.84. The van der Waals surface area contributed by atoms with E-state index in [1.807, 2.05) is 12.1 Å². The number of hydrogen-bond donors (Lipinski definition) is 0. The van der Waals surface area contributed by atoms with E-state index >= 15 is 0 Å². The first kappa shape index (κ1) is 16.3. The number of hydrogen-bond acceptors (Lipinski definition) is 4. The Kier molecular flexibility index (Phi) is 4.81. The van der Waals surface area contributed by atoms with Crippen molar-refractivity contribution in [1.82, 2.24) is 14.8 Å². The van der Waals surface area contributed by atoms with E-state index in [9.17, 15) is 0 Å². The fourth-order valence-electron chi connectivity index (χ4n) is 3.59. The number of aryl methyl sites for hydroxylation is 1. The molecule has 1 aliphatic heterocycles. The highest BCUT2D eigenvalue weighted by Crippen LogP contribution is 2.20. The topological polar surface area (TPSA) is 32.5 Å². The Morgan fingerprint density at radius 3 is 2.52 bits per heavy atom. The molecule has 0 amide bonds. The third-order valence-corrected chi connectivity index (χ3v) is 4.87. The van der Waals surface area contributed by atoms with E-state index in [1.165, 1.54) is 17.5 Å². The highest BCUT2D eigenvalue weighted by Gasteiger charge is 2.17. The molecular formula is C21H25N3O. The van der Waals surface area contributed by atoms with Crippen LogP contribution >= 0.6 is 0 Å². The number of benzene rings is 1. The third-order valence-electron chi connectivity index (χ3n) is 4.87. The van der Waals surface area contributed by atoms with Gasteiger partial charge in [-0.1, -0.05) is 24.3 Å². The normalized spacial score (nSPS) is 17.0. The van der Waals surface area contributed by atoms with Gasteiger partial charge in [-0.05, 0) is 50.7 Å². The minimum Gasteiger partial charge on any atom is -0.460 e. The molecule has 1 saturated heterocycles. The van der Waals surface area contributed by atoms with Crippen LogP contribution in [0.15, 0.2) is 52.9 Å². The van der Waals surface area contributed by atoms with Crippen molar-refractivity contribution in [2.45, 2.75) is 26.4 Å². The van der Waals surface area contributed by atoms with Crippen molar-refractivity contribution in [3.05, 3.63) is 65.7 Å². The molecule has 0 bridgehead atoms. The Morgan fingerprint density at radius 1 is 0.920 bits per heavy atom. The SMILES string of the molecule is Cc1cccc(CN2CCCN(Cc3cc4ccccc4o3)CC2)n1. The summed E-state index contributed by atoms with van der Waals surface area (Å²) in [5, 5.41) is 1.19. The van der Waals surface area contributed by atoms with Crippen LogP contribution in [0, 0.1) is 6.92 Å². The zero-order valence-corrected chi connectivity index (χ0v) is 14.8. The first-order valence-electron chi connectivity index (χ1n) is 9.11. The second-order valence-corrected chi connectivity index (χ2v) is 6.93. The van der Waals surface area contributed by atoms with Crippen molar-refractivity contribution < 1.29 is 4.42 Å². The monoisotopic (exact) mass is 335 g/mol. The van der Waals surface area contributed by atoms with E-state index in [-0.39, 0.29) is 0 Å². The molecule has 2 aromatic heterocycles. The Morgan fingerprint density at radius 2 is 1.72 bits per heavy atom. The summed E-state index contributed by atoms with van der Waals surface area (Å²) in [6.45, 7) is 8.30. The lowest BCUT2D eigenvalue weighted by atomic mass is 10.2. The van der Waals surface area contributed by atoms with Crippen LogP contribution < -0.4 is 0 Å². The van der Waals surface area contributed by atoms with Crippen LogP contribution in [-0.2, 0) is 13.1 Å². The van der Waals surface area contributed by atoms with Gasteiger partial charge >= 0.3 is 0 Å². The van der Waals surface area contributed by atoms with E-state index in [4.69, 9.17) is 4.42 Å². The molecule has 1 aromatic carbocycles. The zero-order chi connectivity index (χ0) is 17.1. The quantitative estimate of drug-likeness (QED) is 0.725. The van der Waals surface area contributed by atoms with Gasteiger partial charge in [-0.2, -0.15) is 0 Å². The van der Waals surface area contributed by atoms with Gasteiger partial charge in [0.2, 0.25) is 0 Å². The van der Waals surface area contributed by atoms with Gasteiger partial charge < -0.3 is 4.42 Å². The molecule has 0 atom stereocenters. The summed E-state index contributed by atoms with van der Waals surface area (Å²) in [5.41, 5.74) is 3.25. The van der Waals surface area contributed by atoms with Gasteiger partial charge in [-0.15, -0.1) is 0 Å². The van der Waals surface area contributed by atoms with Crippen LogP contribution in [0.3, 0.4) is 0 Å². The van der Waals surface area contributed by atoms with Crippen LogP contribution in [0.2, 0.25) is 0 Å². The Hall–Kier alpha value is -2.17. The first-order valence-corrected chi connectivity index (χ1v) is 9.11. The van der Waals surface area contributed by atoms with Gasteiger partial charge in [-0.3, -0.25) is 14.8 Å². The average Bonchev–Trinajstić information content (AvgIpc) is 2.89. The number of pyridine rings is 1. The summed E-state index contributed by atoms with van der Waals surface area (Å²) in [5.74, 6) is 1.06. The van der Waals surface area contributed by atoms with E-state index < -0.39 is 0 Å². The van der Waals surface area contributed by atoms with E-state index in [0.717, 1.165) is 56.3 Å². The Bertz CT molecular complexity index is 809. The van der Waals surface area contributed by atoms with E-state index in [0.29, 0.717) is 0 Å². The molecule has 3 aromatic rings. The highest BCUT2D eigenvalue weighted by molar-refractivity contribution is 5.77. The molecule has 0 aliphatic carbocycles. The number of para-hydroxylation sites is 1. The molecule has 0 radical (unpaired) electrons. The fourth-order valence-corrected chi connectivity index (χ4v) is 3.59. The molecule has 0 N–H and O–H groups in total. The largest absolute Gasteiger partial charge is 0.460 e. The molecule has 0 unspecified atom stereocenters. The molecule has 1 fully saturated rings. The summed E-state index contributed by atoms with van der Waals surface area (Å²) < 4.78 is 5.98. The minimum absolute atomic E-state index is 0.894. The standard InChI is InChI=1S/C21H25N3O/c1-17-6-4-8-19(22-17)15-23-10-5-11-24(13-12-23)16-20-14-18-7-2-3-9-21(18)25-20/h2-4,6-9,14H,5,10-13,15-16H2,1H3. The van der Waals surface area contributed by atoms with Crippen LogP contribution in [-0.4, -0.2) is 41.0 Å². The van der Waals surface area contributed by atoms with Crippen molar-refractivity contribution in [3.8, 4) is 0 Å². The number of nitrogens with zero attached hydrogens (tertiary/aromatic N) is 3. The smallest absolute Gasteiger partial charge is 0.134 e. The Labute approximate surface area is 149 Å². The molecular weight excluding hydrogens is 310 g/mol. The number of fused-ring (bicyclic) bond motifs is 1. The van der Waals surface area contributed by atoms with Gasteiger partial charge in [0.15, 0.2) is 0 Å². The molecule has 4 heteroatoms. The first-order chi connectivity index (χ1) is 12.3. The zero-order valence-electron chi connectivity index (χ0n) is 14.8. The van der Waals surface area contributed by atoms with Crippen molar-refractivity contribution in [3.63, 3.8) is 0 Å². The highest BCUT2D eigenvalue weighted by atomic mass is 16.3. The minimum atomic E-state index is 0.894. The van der Waals surface area contributed by atoms with Crippen LogP contribution in [0.4, 0.5) is 0 Å². The van der Waals surface area contributed by atoms with Gasteiger partial charge in [0.1, 0.15) is 11.3 Å². The van der Waals surface area contributed by atoms with Crippen molar-refractivity contribution in [2.24, 2.45) is 0 Å². The molecule has 3 heterocycles. The number of furan rings is 1. The molecule has 4 rings (SSSR count). The molecule has 4 nitrogen and oxygen atoms in total. The van der Waals surface area contributed by atoms with Gasteiger partial charge in [0.25, 0.3) is 0 Å². The van der Waals surface area contributed by atoms with Crippen LogP contribution in [0.5, 0.6) is 0 Å². The Balaban J connectivity index is 1.36. The summed E-state index contributed by atoms with van der Waals surface area (Å²) in [6, 6.07) is 16.7. The summed E-state index contributed by atoms with van der Waals surface area (Å²) in [6.07, 6.45) is 1.19. The molecule has 130 valence electrons. The fraction of sp³-hybridized carbons (Fsp3) is 0.381. The molecule has 0 saturated carbocycles. The van der Waals surface area contributed by atoms with Crippen molar-refractivity contribution >= 4 is 11.0 Å². The maximum absolute atomic E-state index is 5.98. The number of rotatable bonds is 4.